The molecule has 0 aliphatic carbocycles. The van der Waals surface area contributed by atoms with Crippen LogP contribution in [0.2, 0.25) is 0 Å². The zero-order chi connectivity index (χ0) is 17.2. The lowest BCUT2D eigenvalue weighted by atomic mass is 9.77. The predicted molar refractivity (Wildman–Crippen MR) is 89.9 cm³/mol. The number of aliphatic carboxylic acids is 1. The number of carbonyl (C=O) groups is 2. The number of hydrogen-bond acceptors (Lipinski definition) is 3. The summed E-state index contributed by atoms with van der Waals surface area (Å²) in [5.74, 6) is -2.41. The van der Waals surface area contributed by atoms with Crippen LogP contribution < -0.4 is 0 Å². The molecule has 1 aromatic carbocycles. The lowest BCUT2D eigenvalue weighted by molar-refractivity contribution is -0.148. The fraction of sp³-hybridized carbons (Fsp3) is 0.368. The van der Waals surface area contributed by atoms with Gasteiger partial charge in [0.15, 0.2) is 0 Å². The van der Waals surface area contributed by atoms with Gasteiger partial charge in [0.1, 0.15) is 11.5 Å². The molecule has 2 aromatic rings. The first-order valence-corrected chi connectivity index (χ1v) is 8.53. The lowest BCUT2D eigenvalue weighted by Crippen LogP contribution is -2.39. The number of H-pyrrole nitrogens is 1. The molecule has 1 aromatic heterocycles. The quantitative estimate of drug-likeness (QED) is 0.829. The second-order valence-corrected chi connectivity index (χ2v) is 7.11. The van der Waals surface area contributed by atoms with Crippen LogP contribution in [0.25, 0.3) is 10.9 Å². The molecule has 3 aliphatic rings. The molecule has 3 aliphatic heterocycles. The van der Waals surface area contributed by atoms with Crippen LogP contribution in [-0.2, 0) is 20.7 Å². The van der Waals surface area contributed by atoms with E-state index in [1.54, 1.807) is 11.0 Å². The summed E-state index contributed by atoms with van der Waals surface area (Å²) >= 11 is 0. The minimum Gasteiger partial charge on any atom is -0.481 e. The second-order valence-electron chi connectivity index (χ2n) is 7.11. The monoisotopic (exact) mass is 338 g/mol. The van der Waals surface area contributed by atoms with Crippen molar-refractivity contribution < 1.29 is 19.4 Å². The molecule has 2 bridgehead atoms. The standard InChI is InChI=1S/C19H18N2O4/c22-17-16-15(18(23)24)14-5-7-19(16,25-14)10-21(17)8-6-11-9-20-13-4-2-1-3-12(11)13/h1-5,7,9,14-16,20H,6,8,10H2,(H,23,24)/t14-,15-,16-,19+/m0/s1. The molecule has 4 atom stereocenters. The van der Waals surface area contributed by atoms with Crippen molar-refractivity contribution in [2.75, 3.05) is 13.1 Å². The summed E-state index contributed by atoms with van der Waals surface area (Å²) in [6, 6.07) is 8.07. The number of fused-ring (bicyclic) bond motifs is 2. The number of ether oxygens (including phenoxy) is 1. The number of carboxylic acid groups (broad SMARTS) is 1. The van der Waals surface area contributed by atoms with Gasteiger partial charge in [0.05, 0.1) is 18.6 Å². The number of aromatic amines is 1. The maximum absolute atomic E-state index is 12.9. The maximum atomic E-state index is 12.9. The number of amides is 1. The van der Waals surface area contributed by atoms with Gasteiger partial charge in [-0.25, -0.2) is 0 Å². The summed E-state index contributed by atoms with van der Waals surface area (Å²) in [6.07, 6.45) is 5.93. The molecule has 25 heavy (non-hydrogen) atoms. The molecule has 6 nitrogen and oxygen atoms in total. The van der Waals surface area contributed by atoms with E-state index in [0.29, 0.717) is 13.1 Å². The van der Waals surface area contributed by atoms with Gasteiger partial charge >= 0.3 is 5.97 Å². The first-order valence-electron chi connectivity index (χ1n) is 8.53. The third kappa shape index (κ3) is 1.94. The van der Waals surface area contributed by atoms with E-state index in [1.165, 1.54) is 0 Å². The van der Waals surface area contributed by atoms with Crippen LogP contribution in [0.4, 0.5) is 0 Å². The normalized spacial score (nSPS) is 32.7. The number of nitrogens with zero attached hydrogens (tertiary/aromatic N) is 1. The van der Waals surface area contributed by atoms with Gasteiger partial charge in [-0.3, -0.25) is 9.59 Å². The van der Waals surface area contributed by atoms with Gasteiger partial charge in [0, 0.05) is 23.6 Å². The first kappa shape index (κ1) is 14.7. The highest BCUT2D eigenvalue weighted by Crippen LogP contribution is 2.51. The SMILES string of the molecule is O=C(O)[C@H]1[C@@H]2C=C[C@]3(CN(CCc4c[nH]c5ccccc45)C(=O)[C@H]13)O2. The molecule has 6 heteroatoms. The fourth-order valence-electron chi connectivity index (χ4n) is 4.64. The Morgan fingerprint density at radius 3 is 3.08 bits per heavy atom. The summed E-state index contributed by atoms with van der Waals surface area (Å²) in [6.45, 7) is 1.00. The number of hydrogen-bond donors (Lipinski definition) is 2. The maximum Gasteiger partial charge on any atom is 0.310 e. The molecule has 5 rings (SSSR count). The van der Waals surface area contributed by atoms with Crippen molar-refractivity contribution in [2.45, 2.75) is 18.1 Å². The van der Waals surface area contributed by atoms with Crippen LogP contribution in [-0.4, -0.2) is 51.7 Å². The number of nitrogens with one attached hydrogen (secondary N) is 1. The number of carbonyl (C=O) groups excluding carboxylic acids is 1. The molecule has 2 saturated heterocycles. The molecule has 2 fully saturated rings. The highest BCUT2D eigenvalue weighted by molar-refractivity contribution is 5.91. The smallest absolute Gasteiger partial charge is 0.310 e. The summed E-state index contributed by atoms with van der Waals surface area (Å²) in [7, 11) is 0. The third-order valence-corrected chi connectivity index (χ3v) is 5.79. The Kier molecular flexibility index (Phi) is 2.92. The van der Waals surface area contributed by atoms with Gasteiger partial charge in [-0.15, -0.1) is 0 Å². The molecule has 4 heterocycles. The van der Waals surface area contributed by atoms with Crippen molar-refractivity contribution in [1.82, 2.24) is 9.88 Å². The van der Waals surface area contributed by atoms with Crippen molar-refractivity contribution in [3.63, 3.8) is 0 Å². The van der Waals surface area contributed by atoms with Crippen molar-refractivity contribution >= 4 is 22.8 Å². The molecular weight excluding hydrogens is 320 g/mol. The van der Waals surface area contributed by atoms with Crippen LogP contribution in [0.15, 0.2) is 42.6 Å². The van der Waals surface area contributed by atoms with E-state index in [1.807, 2.05) is 30.5 Å². The van der Waals surface area contributed by atoms with E-state index < -0.39 is 29.5 Å². The van der Waals surface area contributed by atoms with Crippen molar-refractivity contribution in [3.8, 4) is 0 Å². The molecular formula is C19H18N2O4. The minimum atomic E-state index is -0.951. The van der Waals surface area contributed by atoms with E-state index in [0.717, 1.165) is 22.9 Å². The van der Waals surface area contributed by atoms with Crippen LogP contribution >= 0.6 is 0 Å². The van der Waals surface area contributed by atoms with Gasteiger partial charge in [-0.05, 0) is 18.1 Å². The average Bonchev–Trinajstić information content (AvgIpc) is 3.33. The largest absolute Gasteiger partial charge is 0.481 e. The summed E-state index contributed by atoms with van der Waals surface area (Å²) in [4.78, 5) is 29.4. The number of likely N-dealkylation sites (tertiary alicyclic amines) is 1. The molecule has 2 N–H and O–H groups in total. The average molecular weight is 338 g/mol. The Hall–Kier alpha value is -2.60. The van der Waals surface area contributed by atoms with Crippen molar-refractivity contribution in [2.24, 2.45) is 11.8 Å². The highest BCUT2D eigenvalue weighted by Gasteiger charge is 2.66. The molecule has 128 valence electrons. The Labute approximate surface area is 144 Å². The van der Waals surface area contributed by atoms with Gasteiger partial charge in [-0.1, -0.05) is 30.4 Å². The Balaban J connectivity index is 1.37. The first-order chi connectivity index (χ1) is 12.1. The van der Waals surface area contributed by atoms with E-state index in [9.17, 15) is 14.7 Å². The number of benzene rings is 1. The molecule has 0 saturated carbocycles. The van der Waals surface area contributed by atoms with Crippen LogP contribution in [0.1, 0.15) is 5.56 Å². The number of rotatable bonds is 4. The van der Waals surface area contributed by atoms with Crippen LogP contribution in [0, 0.1) is 11.8 Å². The Bertz CT molecular complexity index is 917. The summed E-state index contributed by atoms with van der Waals surface area (Å²) in [5.41, 5.74) is 1.50. The summed E-state index contributed by atoms with van der Waals surface area (Å²) < 4.78 is 5.91. The van der Waals surface area contributed by atoms with Gasteiger partial charge in [0.25, 0.3) is 0 Å². The minimum absolute atomic E-state index is 0.0981. The zero-order valence-electron chi connectivity index (χ0n) is 13.5. The van der Waals surface area contributed by atoms with Crippen molar-refractivity contribution in [3.05, 3.63) is 48.2 Å². The Morgan fingerprint density at radius 1 is 1.40 bits per heavy atom. The van der Waals surface area contributed by atoms with Gasteiger partial charge in [0.2, 0.25) is 5.91 Å². The predicted octanol–water partition coefficient (Wildman–Crippen LogP) is 1.58. The second kappa shape index (κ2) is 4.95. The lowest BCUT2D eigenvalue weighted by Gasteiger charge is -2.21. The van der Waals surface area contributed by atoms with Crippen LogP contribution in [0.3, 0.4) is 0 Å². The van der Waals surface area contributed by atoms with Gasteiger partial charge in [-0.2, -0.15) is 0 Å². The van der Waals surface area contributed by atoms with Crippen LogP contribution in [0.5, 0.6) is 0 Å². The Morgan fingerprint density at radius 2 is 2.24 bits per heavy atom. The van der Waals surface area contributed by atoms with Crippen molar-refractivity contribution in [1.29, 1.82) is 0 Å². The van der Waals surface area contributed by atoms with E-state index in [-0.39, 0.29) is 5.91 Å². The number of carboxylic acids is 1. The van der Waals surface area contributed by atoms with E-state index >= 15 is 0 Å². The molecule has 1 spiro atoms. The zero-order valence-corrected chi connectivity index (χ0v) is 13.5. The number of aromatic nitrogens is 1. The molecule has 1 amide bonds. The third-order valence-electron chi connectivity index (χ3n) is 5.79. The van der Waals surface area contributed by atoms with Gasteiger partial charge < -0.3 is 19.7 Å². The van der Waals surface area contributed by atoms with E-state index in [4.69, 9.17) is 4.74 Å². The van der Waals surface area contributed by atoms with E-state index in [2.05, 4.69) is 11.1 Å². The molecule has 0 radical (unpaired) electrons. The highest BCUT2D eigenvalue weighted by atomic mass is 16.5. The summed E-state index contributed by atoms with van der Waals surface area (Å²) in [5, 5.41) is 10.7. The fourth-order valence-corrected chi connectivity index (χ4v) is 4.64. The number of para-hydroxylation sites is 1. The molecule has 0 unspecified atom stereocenters. The topological polar surface area (TPSA) is 82.6 Å².